The maximum atomic E-state index is 12.6. The number of fused-ring (bicyclic) bond motifs is 1. The molecule has 0 saturated heterocycles. The fourth-order valence-electron chi connectivity index (χ4n) is 2.11. The van der Waals surface area contributed by atoms with E-state index in [2.05, 4.69) is 0 Å². The first-order valence-electron chi connectivity index (χ1n) is 7.67. The number of hydrogen-bond acceptors (Lipinski definition) is 6. The molecule has 0 aliphatic heterocycles. The summed E-state index contributed by atoms with van der Waals surface area (Å²) < 4.78 is 32.1. The van der Waals surface area contributed by atoms with Crippen LogP contribution in [0.5, 0.6) is 23.0 Å². The summed E-state index contributed by atoms with van der Waals surface area (Å²) in [5.74, 6) is -1.86. The van der Waals surface area contributed by atoms with Crippen LogP contribution in [0, 0.1) is 0 Å². The summed E-state index contributed by atoms with van der Waals surface area (Å²) in [4.78, 5) is 12.6. The first-order chi connectivity index (χ1) is 11.7. The lowest BCUT2D eigenvalue weighted by molar-refractivity contribution is 0.396. The van der Waals surface area contributed by atoms with Gasteiger partial charge in [0, 0.05) is 11.6 Å². The molecule has 3 aromatic rings. The maximum Gasteiger partial charge on any atom is 0.235 e. The van der Waals surface area contributed by atoms with E-state index in [1.54, 1.807) is 0 Å². The fraction of sp³-hybridized carbons (Fsp3) is 0.0625. The molecular formula is C16H12O6. The van der Waals surface area contributed by atoms with Gasteiger partial charge in [0.05, 0.1) is 16.5 Å². The van der Waals surface area contributed by atoms with Gasteiger partial charge < -0.3 is 24.5 Å². The summed E-state index contributed by atoms with van der Waals surface area (Å²) >= 11 is 0. The lowest BCUT2D eigenvalue weighted by Gasteiger charge is -2.09. The van der Waals surface area contributed by atoms with Crippen LogP contribution in [-0.4, -0.2) is 22.4 Å². The minimum absolute atomic E-state index is 0.00505. The summed E-state index contributed by atoms with van der Waals surface area (Å²) in [7, 11) is -2.91. The van der Waals surface area contributed by atoms with Crippen molar-refractivity contribution in [2.45, 2.75) is 0 Å². The van der Waals surface area contributed by atoms with Crippen molar-refractivity contribution in [2.75, 3.05) is 7.04 Å². The van der Waals surface area contributed by atoms with E-state index < -0.39 is 29.7 Å². The fourth-order valence-corrected chi connectivity index (χ4v) is 2.11. The molecule has 112 valence electrons. The van der Waals surface area contributed by atoms with E-state index in [4.69, 9.17) is 13.3 Å². The third-order valence-electron chi connectivity index (χ3n) is 3.17. The van der Waals surface area contributed by atoms with Crippen LogP contribution in [-0.2, 0) is 0 Å². The van der Waals surface area contributed by atoms with Crippen molar-refractivity contribution in [3.8, 4) is 34.3 Å². The molecule has 22 heavy (non-hydrogen) atoms. The van der Waals surface area contributed by atoms with Gasteiger partial charge in [-0.3, -0.25) is 4.79 Å². The van der Waals surface area contributed by atoms with Crippen LogP contribution in [0.4, 0.5) is 0 Å². The Morgan fingerprint density at radius 1 is 1.09 bits per heavy atom. The molecule has 0 aliphatic carbocycles. The minimum Gasteiger partial charge on any atom is -0.508 e. The Balaban J connectivity index is 2.35. The van der Waals surface area contributed by atoms with Crippen LogP contribution in [0.25, 0.3) is 22.3 Å². The number of ether oxygens (including phenoxy) is 1. The van der Waals surface area contributed by atoms with Crippen molar-refractivity contribution < 1.29 is 28.6 Å². The van der Waals surface area contributed by atoms with E-state index in [1.807, 2.05) is 0 Å². The highest BCUT2D eigenvalue weighted by Crippen LogP contribution is 2.35. The Kier molecular flexibility index (Phi) is 2.40. The van der Waals surface area contributed by atoms with E-state index in [0.29, 0.717) is 0 Å². The highest BCUT2D eigenvalue weighted by Gasteiger charge is 2.18. The van der Waals surface area contributed by atoms with E-state index in [0.717, 1.165) is 12.1 Å². The zero-order valence-corrected chi connectivity index (χ0v) is 11.0. The smallest absolute Gasteiger partial charge is 0.235 e. The van der Waals surface area contributed by atoms with Crippen molar-refractivity contribution in [3.63, 3.8) is 0 Å². The molecule has 1 heterocycles. The van der Waals surface area contributed by atoms with Crippen molar-refractivity contribution in [1.29, 1.82) is 0 Å². The maximum absolute atomic E-state index is 12.6. The van der Waals surface area contributed by atoms with E-state index in [9.17, 15) is 20.1 Å². The predicted molar refractivity (Wildman–Crippen MR) is 79.5 cm³/mol. The molecule has 2 aromatic carbocycles. The standard InChI is InChI=1S/C16H12O6/c1-21-16-14(20)10-4-3-9(17)7-13(10)22-15(16)8-2-5-11(18)12(19)6-8/h2-7,17-19H,1H3/i1D3. The largest absolute Gasteiger partial charge is 0.508 e. The first-order valence-corrected chi connectivity index (χ1v) is 6.17. The van der Waals surface area contributed by atoms with Gasteiger partial charge in [-0.25, -0.2) is 0 Å². The predicted octanol–water partition coefficient (Wildman–Crippen LogP) is 2.59. The molecule has 0 spiro atoms. The Morgan fingerprint density at radius 2 is 1.91 bits per heavy atom. The van der Waals surface area contributed by atoms with Gasteiger partial charge in [-0.05, 0) is 30.3 Å². The van der Waals surface area contributed by atoms with Crippen molar-refractivity contribution >= 4 is 11.0 Å². The lowest BCUT2D eigenvalue weighted by atomic mass is 10.1. The van der Waals surface area contributed by atoms with Gasteiger partial charge in [0.15, 0.2) is 17.3 Å². The zero-order valence-electron chi connectivity index (χ0n) is 14.0. The van der Waals surface area contributed by atoms with Gasteiger partial charge in [-0.15, -0.1) is 0 Å². The highest BCUT2D eigenvalue weighted by molar-refractivity contribution is 5.83. The first kappa shape index (κ1) is 10.6. The number of rotatable bonds is 2. The van der Waals surface area contributed by atoms with E-state index >= 15 is 0 Å². The van der Waals surface area contributed by atoms with Gasteiger partial charge >= 0.3 is 0 Å². The Bertz CT molecular complexity index is 1020. The molecule has 0 amide bonds. The van der Waals surface area contributed by atoms with Gasteiger partial charge in [0.1, 0.15) is 11.3 Å². The number of phenols is 3. The second kappa shape index (κ2) is 5.00. The molecule has 0 saturated carbocycles. The second-order valence-electron chi connectivity index (χ2n) is 4.58. The average molecular weight is 303 g/mol. The van der Waals surface area contributed by atoms with Gasteiger partial charge in [-0.1, -0.05) is 0 Å². The average Bonchev–Trinajstić information content (AvgIpc) is 2.51. The van der Waals surface area contributed by atoms with Crippen LogP contribution in [0.1, 0.15) is 4.11 Å². The summed E-state index contributed by atoms with van der Waals surface area (Å²) in [6.07, 6.45) is 0. The minimum atomic E-state index is -2.91. The van der Waals surface area contributed by atoms with Gasteiger partial charge in [0.2, 0.25) is 11.2 Å². The number of benzene rings is 2. The number of methoxy groups -OCH3 is 1. The van der Waals surface area contributed by atoms with Crippen molar-refractivity contribution in [2.24, 2.45) is 0 Å². The number of aromatic hydroxyl groups is 3. The number of phenolic OH excluding ortho intramolecular Hbond substituents is 3. The van der Waals surface area contributed by atoms with Crippen molar-refractivity contribution in [1.82, 2.24) is 0 Å². The number of hydrogen-bond donors (Lipinski definition) is 3. The second-order valence-corrected chi connectivity index (χ2v) is 4.58. The normalized spacial score (nSPS) is 13.4. The third-order valence-corrected chi connectivity index (χ3v) is 3.17. The quantitative estimate of drug-likeness (QED) is 0.629. The SMILES string of the molecule is [2H]C([2H])([2H])Oc1c(-c2ccc(O)c(O)c2)oc2cc(O)ccc2c1=O. The molecule has 0 radical (unpaired) electrons. The molecule has 1 aromatic heterocycles. The van der Waals surface area contributed by atoms with Crippen LogP contribution in [0.15, 0.2) is 45.6 Å². The Labute approximate surface area is 128 Å². The zero-order chi connectivity index (χ0) is 18.4. The highest BCUT2D eigenvalue weighted by atomic mass is 16.5. The Hall–Kier alpha value is -3.15. The van der Waals surface area contributed by atoms with Crippen LogP contribution < -0.4 is 10.2 Å². The van der Waals surface area contributed by atoms with E-state index in [1.165, 1.54) is 24.3 Å². The summed E-state index contributed by atoms with van der Waals surface area (Å²) in [6.45, 7) is 0. The van der Waals surface area contributed by atoms with Gasteiger partial charge in [0.25, 0.3) is 0 Å². The van der Waals surface area contributed by atoms with Crippen LogP contribution in [0.2, 0.25) is 0 Å². The Morgan fingerprint density at radius 3 is 2.64 bits per heavy atom. The van der Waals surface area contributed by atoms with Crippen LogP contribution >= 0.6 is 0 Å². The van der Waals surface area contributed by atoms with Gasteiger partial charge in [-0.2, -0.15) is 0 Å². The molecule has 0 aliphatic rings. The van der Waals surface area contributed by atoms with Crippen molar-refractivity contribution in [3.05, 3.63) is 46.6 Å². The van der Waals surface area contributed by atoms with E-state index in [-0.39, 0.29) is 28.0 Å². The molecule has 0 bridgehead atoms. The molecule has 0 fully saturated rings. The molecule has 0 unspecified atom stereocenters. The molecule has 6 nitrogen and oxygen atoms in total. The summed E-state index contributed by atoms with van der Waals surface area (Å²) in [5.41, 5.74) is -0.637. The summed E-state index contributed by atoms with van der Waals surface area (Å²) in [5, 5.41) is 28.6. The molecule has 6 heteroatoms. The molecule has 0 atom stereocenters. The van der Waals surface area contributed by atoms with Crippen LogP contribution in [0.3, 0.4) is 0 Å². The molecular weight excluding hydrogens is 288 g/mol. The topological polar surface area (TPSA) is 100 Å². The molecule has 3 N–H and O–H groups in total. The third kappa shape index (κ3) is 2.10. The molecule has 3 rings (SSSR count). The summed E-state index contributed by atoms with van der Waals surface area (Å²) in [6, 6.07) is 7.28. The monoisotopic (exact) mass is 303 g/mol. The lowest BCUT2D eigenvalue weighted by Crippen LogP contribution is -2.07.